The molecule has 2 aromatic heterocycles. The van der Waals surface area contributed by atoms with Crippen LogP contribution in [0.2, 0.25) is 0 Å². The van der Waals surface area contributed by atoms with Gasteiger partial charge >= 0.3 is 6.36 Å². The summed E-state index contributed by atoms with van der Waals surface area (Å²) in [6, 6.07) is 5.60. The predicted molar refractivity (Wildman–Crippen MR) is 128 cm³/mol. The van der Waals surface area contributed by atoms with E-state index in [4.69, 9.17) is 4.74 Å². The summed E-state index contributed by atoms with van der Waals surface area (Å²) in [6.07, 6.45) is -0.402. The summed E-state index contributed by atoms with van der Waals surface area (Å²) >= 11 is 1.31. The van der Waals surface area contributed by atoms with Gasteiger partial charge in [0.25, 0.3) is 0 Å². The fourth-order valence-electron chi connectivity index (χ4n) is 3.60. The van der Waals surface area contributed by atoms with Crippen LogP contribution < -0.4 is 15.4 Å². The van der Waals surface area contributed by atoms with Crippen LogP contribution in [0.25, 0.3) is 21.5 Å². The molecule has 0 bridgehead atoms. The number of unbranched alkanes of at least 4 members (excludes halogenated alkanes) is 1. The topological polar surface area (TPSA) is 97.0 Å². The minimum Gasteiger partial charge on any atom is -0.399 e. The van der Waals surface area contributed by atoms with Crippen molar-refractivity contribution in [2.45, 2.75) is 25.7 Å². The van der Waals surface area contributed by atoms with Gasteiger partial charge in [-0.25, -0.2) is 13.8 Å². The Kier molecular flexibility index (Phi) is 8.84. The van der Waals surface area contributed by atoms with Gasteiger partial charge in [-0.15, -0.1) is 13.2 Å². The monoisotopic (exact) mass is 542 g/mol. The lowest BCUT2D eigenvalue weighted by Crippen LogP contribution is -2.20. The van der Waals surface area contributed by atoms with Crippen LogP contribution >= 0.6 is 11.5 Å². The number of anilines is 1. The molecule has 0 unspecified atom stereocenters. The summed E-state index contributed by atoms with van der Waals surface area (Å²) in [5.41, 5.74) is 2.91. The van der Waals surface area contributed by atoms with Crippen molar-refractivity contribution >= 4 is 28.1 Å². The number of alkyl halides is 3. The number of aromatic nitrogens is 4. The van der Waals surface area contributed by atoms with Crippen LogP contribution in [0.4, 0.5) is 27.6 Å². The van der Waals surface area contributed by atoms with E-state index in [-0.39, 0.29) is 12.1 Å². The molecule has 0 aliphatic heterocycles. The highest BCUT2D eigenvalue weighted by atomic mass is 32.1. The first-order valence-electron chi connectivity index (χ1n) is 11.3. The number of fused-ring (bicyclic) bond motifs is 1. The molecule has 37 heavy (non-hydrogen) atoms. The molecule has 0 amide bonds. The van der Waals surface area contributed by atoms with E-state index in [2.05, 4.69) is 34.9 Å². The molecule has 0 spiro atoms. The smallest absolute Gasteiger partial charge is 0.399 e. The number of nitrogens with one attached hydrogen (secondary N) is 3. The Balaban J connectivity index is 1.12. The summed E-state index contributed by atoms with van der Waals surface area (Å²) in [4.78, 5) is 4.25. The molecule has 2 heterocycles. The van der Waals surface area contributed by atoms with E-state index in [1.807, 2.05) is 12.1 Å². The van der Waals surface area contributed by atoms with Gasteiger partial charge in [-0.1, -0.05) is 0 Å². The fourth-order valence-corrected chi connectivity index (χ4v) is 4.11. The zero-order chi connectivity index (χ0) is 26.3. The van der Waals surface area contributed by atoms with Gasteiger partial charge in [-0.05, 0) is 60.7 Å². The summed E-state index contributed by atoms with van der Waals surface area (Å²) in [6.45, 7) is 2.25. The summed E-state index contributed by atoms with van der Waals surface area (Å²) < 4.78 is 77.2. The largest absolute Gasteiger partial charge is 0.573 e. The zero-order valence-corrected chi connectivity index (χ0v) is 20.2. The highest BCUT2D eigenvalue weighted by Crippen LogP contribution is 2.31. The number of rotatable bonds is 13. The van der Waals surface area contributed by atoms with Gasteiger partial charge < -0.3 is 20.1 Å². The maximum Gasteiger partial charge on any atom is 0.573 e. The van der Waals surface area contributed by atoms with Crippen molar-refractivity contribution in [3.05, 3.63) is 54.0 Å². The molecule has 0 saturated carbocycles. The lowest BCUT2D eigenvalue weighted by Gasteiger charge is -2.12. The second-order valence-electron chi connectivity index (χ2n) is 7.96. The maximum absolute atomic E-state index is 13.7. The van der Waals surface area contributed by atoms with Crippen LogP contribution in [0.5, 0.6) is 5.75 Å². The average Bonchev–Trinajstić information content (AvgIpc) is 3.54. The summed E-state index contributed by atoms with van der Waals surface area (Å²) in [5, 5.41) is 15.2. The molecule has 198 valence electrons. The number of ether oxygens (including phenoxy) is 2. The third kappa shape index (κ3) is 7.57. The van der Waals surface area contributed by atoms with Crippen molar-refractivity contribution in [2.24, 2.45) is 0 Å². The Hall–Kier alpha value is -3.36. The molecule has 2 aromatic carbocycles. The van der Waals surface area contributed by atoms with Gasteiger partial charge in [0.1, 0.15) is 11.3 Å². The second-order valence-corrected chi connectivity index (χ2v) is 8.74. The number of hydrogen-bond donors (Lipinski definition) is 3. The van der Waals surface area contributed by atoms with E-state index in [9.17, 15) is 22.0 Å². The van der Waals surface area contributed by atoms with Crippen LogP contribution in [-0.4, -0.2) is 52.2 Å². The Morgan fingerprint density at radius 1 is 1.00 bits per heavy atom. The van der Waals surface area contributed by atoms with Gasteiger partial charge in [0.05, 0.1) is 18.3 Å². The Bertz CT molecular complexity index is 1280. The molecule has 0 aliphatic carbocycles. The normalized spacial score (nSPS) is 11.8. The number of hydrogen-bond acceptors (Lipinski definition) is 8. The van der Waals surface area contributed by atoms with Crippen molar-refractivity contribution in [1.82, 2.24) is 24.9 Å². The standard InChI is InChI=1S/C23H23F5N6O2S/c24-17-7-14(8-18(25)21(17)36-23(26,27)28)11-29-3-1-2-5-35-6-4-30-19-9-15(22-31-13-33-37-22)10-20-16(19)12-32-34-20/h7-10,12-13,29-30H,1-6,11H2,(H,32,34). The van der Waals surface area contributed by atoms with Crippen molar-refractivity contribution in [3.8, 4) is 16.3 Å². The van der Waals surface area contributed by atoms with Crippen LogP contribution in [0.3, 0.4) is 0 Å². The molecule has 0 radical (unpaired) electrons. The SMILES string of the molecule is Fc1cc(CNCCCCOCCNc2cc(-c3ncns3)cc3[nH]ncc23)cc(F)c1OC(F)(F)F. The van der Waals surface area contributed by atoms with E-state index in [0.29, 0.717) is 26.3 Å². The van der Waals surface area contributed by atoms with E-state index >= 15 is 0 Å². The maximum atomic E-state index is 13.7. The van der Waals surface area contributed by atoms with E-state index in [1.165, 1.54) is 17.9 Å². The van der Waals surface area contributed by atoms with Gasteiger partial charge in [-0.2, -0.15) is 9.47 Å². The predicted octanol–water partition coefficient (Wildman–Crippen LogP) is 5.26. The van der Waals surface area contributed by atoms with Crippen molar-refractivity contribution in [3.63, 3.8) is 0 Å². The molecule has 0 saturated heterocycles. The lowest BCUT2D eigenvalue weighted by molar-refractivity contribution is -0.276. The number of benzene rings is 2. The fraction of sp³-hybridized carbons (Fsp3) is 0.348. The first-order valence-corrected chi connectivity index (χ1v) is 12.1. The number of aromatic amines is 1. The molecule has 3 N–H and O–H groups in total. The van der Waals surface area contributed by atoms with Crippen LogP contribution in [0.15, 0.2) is 36.8 Å². The van der Waals surface area contributed by atoms with Gasteiger partial charge in [-0.3, -0.25) is 5.10 Å². The number of halogens is 5. The summed E-state index contributed by atoms with van der Waals surface area (Å²) in [5.74, 6) is -4.27. The summed E-state index contributed by atoms with van der Waals surface area (Å²) in [7, 11) is 0. The highest BCUT2D eigenvalue weighted by Gasteiger charge is 2.34. The van der Waals surface area contributed by atoms with Crippen LogP contribution in [0.1, 0.15) is 18.4 Å². The second kappa shape index (κ2) is 12.3. The Morgan fingerprint density at radius 3 is 2.54 bits per heavy atom. The molecule has 8 nitrogen and oxygen atoms in total. The van der Waals surface area contributed by atoms with Crippen LogP contribution in [-0.2, 0) is 11.3 Å². The molecular formula is C23H23F5N6O2S. The molecule has 4 aromatic rings. The minimum atomic E-state index is -5.17. The molecule has 0 fully saturated rings. The third-order valence-electron chi connectivity index (χ3n) is 5.23. The Labute approximate surface area is 212 Å². The minimum absolute atomic E-state index is 0.101. The third-order valence-corrected chi connectivity index (χ3v) is 5.94. The van der Waals surface area contributed by atoms with Crippen molar-refractivity contribution < 1.29 is 31.4 Å². The van der Waals surface area contributed by atoms with Gasteiger partial charge in [0.15, 0.2) is 11.6 Å². The number of nitrogens with zero attached hydrogens (tertiary/aromatic N) is 3. The van der Waals surface area contributed by atoms with Crippen molar-refractivity contribution in [1.29, 1.82) is 0 Å². The number of H-pyrrole nitrogens is 1. The average molecular weight is 543 g/mol. The molecule has 14 heteroatoms. The quantitative estimate of drug-likeness (QED) is 0.157. The zero-order valence-electron chi connectivity index (χ0n) is 19.4. The Morgan fingerprint density at radius 2 is 1.81 bits per heavy atom. The molecule has 0 aliphatic rings. The van der Waals surface area contributed by atoms with Crippen LogP contribution in [0, 0.1) is 11.6 Å². The van der Waals surface area contributed by atoms with E-state index < -0.39 is 23.7 Å². The first kappa shape index (κ1) is 26.7. The first-order chi connectivity index (χ1) is 17.8. The molecule has 0 atom stereocenters. The lowest BCUT2D eigenvalue weighted by atomic mass is 10.1. The van der Waals surface area contributed by atoms with E-state index in [1.54, 1.807) is 6.20 Å². The molecular weight excluding hydrogens is 519 g/mol. The van der Waals surface area contributed by atoms with Crippen molar-refractivity contribution in [2.75, 3.05) is 31.6 Å². The molecule has 4 rings (SSSR count). The highest BCUT2D eigenvalue weighted by molar-refractivity contribution is 7.09. The van der Waals surface area contributed by atoms with Gasteiger partial charge in [0.2, 0.25) is 5.75 Å². The van der Waals surface area contributed by atoms with Gasteiger partial charge in [0, 0.05) is 36.3 Å². The van der Waals surface area contributed by atoms with E-state index in [0.717, 1.165) is 52.1 Å².